The molecule has 14 heteroatoms. The lowest BCUT2D eigenvalue weighted by Crippen LogP contribution is -2.40. The largest absolute Gasteiger partial charge is 0.361 e. The van der Waals surface area contributed by atoms with Crippen LogP contribution < -0.4 is 16.0 Å². The van der Waals surface area contributed by atoms with Crippen molar-refractivity contribution < 1.29 is 8.42 Å². The Kier molecular flexibility index (Phi) is 7.03. The predicted molar refractivity (Wildman–Crippen MR) is 159 cm³/mol. The second-order valence-corrected chi connectivity index (χ2v) is 13.8. The first kappa shape index (κ1) is 28.8. The second kappa shape index (κ2) is 10.00. The van der Waals surface area contributed by atoms with Gasteiger partial charge in [0.1, 0.15) is 11.1 Å². The molecule has 4 aromatic heterocycles. The normalized spacial score (nSPS) is 12.8. The standard InChI is InChI=1S/C27H33ClN8O4S/c1-15(2)12-35-23-21(25(37)34(7)26(35)38)22(24-30-20(14-33(24)6)41(39,40)32-27(3,4)5)36(31-23)13-16-11-29-19-9-8-17(28)10-18(16)19/h8-11,14-15,29,32H,12-13H2,1-7H3. The maximum Gasteiger partial charge on any atom is 0.332 e. The topological polar surface area (TPSA) is 142 Å². The van der Waals surface area contributed by atoms with Crippen molar-refractivity contribution in [1.82, 2.24) is 38.2 Å². The number of nitrogens with zero attached hydrogens (tertiary/aromatic N) is 6. The number of H-pyrrole nitrogens is 1. The lowest BCUT2D eigenvalue weighted by atomic mass is 10.1. The van der Waals surface area contributed by atoms with Crippen molar-refractivity contribution in [3.8, 4) is 11.5 Å². The van der Waals surface area contributed by atoms with E-state index in [1.165, 1.54) is 17.8 Å². The number of fused-ring (bicyclic) bond motifs is 2. The molecule has 218 valence electrons. The van der Waals surface area contributed by atoms with Crippen LogP contribution in [0.4, 0.5) is 0 Å². The highest BCUT2D eigenvalue weighted by Crippen LogP contribution is 2.30. The molecule has 12 nitrogen and oxygen atoms in total. The molecule has 41 heavy (non-hydrogen) atoms. The molecule has 0 aliphatic heterocycles. The van der Waals surface area contributed by atoms with Crippen molar-refractivity contribution in [2.24, 2.45) is 20.0 Å². The molecule has 5 aromatic rings. The zero-order valence-corrected chi connectivity index (χ0v) is 25.6. The fourth-order valence-electron chi connectivity index (χ4n) is 4.92. The van der Waals surface area contributed by atoms with Gasteiger partial charge >= 0.3 is 5.69 Å². The minimum Gasteiger partial charge on any atom is -0.361 e. The Morgan fingerprint density at radius 2 is 1.85 bits per heavy atom. The van der Waals surface area contributed by atoms with Crippen LogP contribution in [0.15, 0.2) is 45.2 Å². The number of halogens is 1. The summed E-state index contributed by atoms with van der Waals surface area (Å²) >= 11 is 6.28. The van der Waals surface area contributed by atoms with Crippen molar-refractivity contribution >= 4 is 43.6 Å². The number of imidazole rings is 1. The monoisotopic (exact) mass is 600 g/mol. The van der Waals surface area contributed by atoms with Crippen LogP contribution in [0.3, 0.4) is 0 Å². The molecule has 0 bridgehead atoms. The second-order valence-electron chi connectivity index (χ2n) is 11.7. The summed E-state index contributed by atoms with van der Waals surface area (Å²) in [5.74, 6) is 0.303. The Morgan fingerprint density at radius 3 is 2.51 bits per heavy atom. The van der Waals surface area contributed by atoms with Gasteiger partial charge < -0.3 is 9.55 Å². The Bertz CT molecular complexity index is 2040. The van der Waals surface area contributed by atoms with Gasteiger partial charge in [-0.2, -0.15) is 5.10 Å². The molecule has 0 radical (unpaired) electrons. The summed E-state index contributed by atoms with van der Waals surface area (Å²) in [6.07, 6.45) is 3.23. The number of sulfonamides is 1. The van der Waals surface area contributed by atoms with Gasteiger partial charge in [0.05, 0.1) is 6.54 Å². The Hall–Kier alpha value is -3.68. The van der Waals surface area contributed by atoms with E-state index in [0.29, 0.717) is 17.3 Å². The van der Waals surface area contributed by atoms with Crippen molar-refractivity contribution in [3.63, 3.8) is 0 Å². The van der Waals surface area contributed by atoms with Crippen LogP contribution in [-0.4, -0.2) is 47.4 Å². The van der Waals surface area contributed by atoms with E-state index in [4.69, 9.17) is 16.7 Å². The predicted octanol–water partition coefficient (Wildman–Crippen LogP) is 3.21. The number of rotatable bonds is 7. The molecule has 0 spiro atoms. The van der Waals surface area contributed by atoms with Gasteiger partial charge in [-0.3, -0.25) is 18.6 Å². The molecule has 4 heterocycles. The number of hydrogen-bond donors (Lipinski definition) is 2. The maximum atomic E-state index is 13.7. The van der Waals surface area contributed by atoms with Crippen LogP contribution in [0.25, 0.3) is 33.5 Å². The van der Waals surface area contributed by atoms with E-state index in [1.807, 2.05) is 32.2 Å². The van der Waals surface area contributed by atoms with Crippen molar-refractivity contribution in [2.45, 2.75) is 58.3 Å². The number of aryl methyl sites for hydroxylation is 1. The molecule has 2 N–H and O–H groups in total. The molecular weight excluding hydrogens is 568 g/mol. The molecule has 0 aliphatic carbocycles. The van der Waals surface area contributed by atoms with Crippen molar-refractivity contribution in [2.75, 3.05) is 0 Å². The summed E-state index contributed by atoms with van der Waals surface area (Å²) < 4.78 is 34.6. The average Bonchev–Trinajstić information content (AvgIpc) is 3.54. The number of hydrogen-bond acceptors (Lipinski definition) is 6. The fourth-order valence-corrected chi connectivity index (χ4v) is 6.51. The molecule has 5 rings (SSSR count). The molecule has 0 atom stereocenters. The van der Waals surface area contributed by atoms with E-state index in [2.05, 4.69) is 14.7 Å². The fraction of sp³-hybridized carbons (Fsp3) is 0.407. The number of aromatic nitrogens is 7. The molecule has 0 unspecified atom stereocenters. The van der Waals surface area contributed by atoms with Gasteiger partial charge in [0, 0.05) is 54.5 Å². The maximum absolute atomic E-state index is 13.7. The quantitative estimate of drug-likeness (QED) is 0.294. The van der Waals surface area contributed by atoms with Gasteiger partial charge in [0.15, 0.2) is 16.5 Å². The Morgan fingerprint density at radius 1 is 1.15 bits per heavy atom. The van der Waals surface area contributed by atoms with Gasteiger partial charge in [0.2, 0.25) is 0 Å². The third kappa shape index (κ3) is 5.24. The van der Waals surface area contributed by atoms with E-state index in [1.54, 1.807) is 43.1 Å². The number of aromatic amines is 1. The molecule has 1 aromatic carbocycles. The summed E-state index contributed by atoms with van der Waals surface area (Å²) in [6, 6.07) is 5.49. The molecule has 0 amide bonds. The molecule has 0 aliphatic rings. The highest BCUT2D eigenvalue weighted by atomic mass is 35.5. The van der Waals surface area contributed by atoms with Crippen LogP contribution in [0.2, 0.25) is 5.02 Å². The molecule has 0 saturated heterocycles. The average molecular weight is 601 g/mol. The molecule has 0 saturated carbocycles. The smallest absolute Gasteiger partial charge is 0.332 e. The third-order valence-corrected chi connectivity index (χ3v) is 8.47. The van der Waals surface area contributed by atoms with Gasteiger partial charge in [-0.1, -0.05) is 25.4 Å². The number of nitrogens with one attached hydrogen (secondary N) is 2. The zero-order valence-electron chi connectivity index (χ0n) is 24.0. The highest BCUT2D eigenvalue weighted by Gasteiger charge is 2.30. The first-order valence-electron chi connectivity index (χ1n) is 13.1. The van der Waals surface area contributed by atoms with Crippen LogP contribution in [0, 0.1) is 5.92 Å². The van der Waals surface area contributed by atoms with Crippen LogP contribution >= 0.6 is 11.6 Å². The summed E-state index contributed by atoms with van der Waals surface area (Å²) in [6.45, 7) is 9.67. The first-order chi connectivity index (χ1) is 19.1. The van der Waals surface area contributed by atoms with Gasteiger partial charge in [-0.05, 0) is 50.5 Å². The third-order valence-electron chi connectivity index (χ3n) is 6.61. The SMILES string of the molecule is CC(C)Cn1c(=O)n(C)c(=O)c2c(-c3nc(S(=O)(=O)NC(C)(C)C)cn3C)n(Cc3c[nH]c4ccc(Cl)cc34)nc21. The van der Waals surface area contributed by atoms with Crippen molar-refractivity contribution in [3.05, 3.63) is 62.0 Å². The summed E-state index contributed by atoms with van der Waals surface area (Å²) in [4.78, 5) is 34.6. The van der Waals surface area contributed by atoms with E-state index in [0.717, 1.165) is 21.0 Å². The van der Waals surface area contributed by atoms with Crippen molar-refractivity contribution in [1.29, 1.82) is 0 Å². The minimum absolute atomic E-state index is 0.0890. The Labute approximate surface area is 241 Å². The molecular formula is C27H33ClN8O4S. The zero-order chi connectivity index (χ0) is 30.0. The lowest BCUT2D eigenvalue weighted by molar-refractivity contribution is 0.490. The van der Waals surface area contributed by atoms with Crippen LogP contribution in [-0.2, 0) is 37.2 Å². The summed E-state index contributed by atoms with van der Waals surface area (Å²) in [5, 5.41) is 6.19. The van der Waals surface area contributed by atoms with Gasteiger partial charge in [-0.25, -0.2) is 22.9 Å². The summed E-state index contributed by atoms with van der Waals surface area (Å²) in [7, 11) is -0.903. The van der Waals surface area contributed by atoms with E-state index >= 15 is 0 Å². The van der Waals surface area contributed by atoms with Gasteiger partial charge in [0.25, 0.3) is 15.6 Å². The van der Waals surface area contributed by atoms with Crippen LogP contribution in [0.5, 0.6) is 0 Å². The lowest BCUT2D eigenvalue weighted by Gasteiger charge is -2.19. The highest BCUT2D eigenvalue weighted by molar-refractivity contribution is 7.89. The van der Waals surface area contributed by atoms with Gasteiger partial charge in [-0.15, -0.1) is 0 Å². The van der Waals surface area contributed by atoms with E-state index < -0.39 is 26.8 Å². The molecule has 0 fully saturated rings. The van der Waals surface area contributed by atoms with E-state index in [-0.39, 0.29) is 34.3 Å². The van der Waals surface area contributed by atoms with E-state index in [9.17, 15) is 18.0 Å². The number of benzene rings is 1. The minimum atomic E-state index is -3.98. The Balaban J connectivity index is 1.82. The van der Waals surface area contributed by atoms with Crippen LogP contribution in [0.1, 0.15) is 40.2 Å². The first-order valence-corrected chi connectivity index (χ1v) is 15.0. The summed E-state index contributed by atoms with van der Waals surface area (Å²) in [5.41, 5.74) is 0.451.